The molecule has 0 saturated carbocycles. The van der Waals surface area contributed by atoms with Gasteiger partial charge in [-0.25, -0.2) is 9.78 Å². The van der Waals surface area contributed by atoms with Crippen molar-refractivity contribution in [3.05, 3.63) is 41.8 Å². The molecule has 1 aromatic carbocycles. The lowest BCUT2D eigenvalue weighted by atomic mass is 9.97. The Morgan fingerprint density at radius 2 is 1.87 bits per heavy atom. The highest BCUT2D eigenvalue weighted by Gasteiger charge is 2.32. The molecule has 3 rings (SSSR count). The molecule has 160 valence electrons. The van der Waals surface area contributed by atoms with Crippen LogP contribution in [0.25, 0.3) is 11.5 Å². The minimum Gasteiger partial charge on any atom is -0.466 e. The predicted octanol–water partition coefficient (Wildman–Crippen LogP) is 3.00. The number of nitrogens with zero attached hydrogens (tertiary/aromatic N) is 2. The number of likely N-dealkylation sites (tertiary alicyclic amines) is 1. The van der Waals surface area contributed by atoms with E-state index in [-0.39, 0.29) is 23.5 Å². The molecular formula is C22H26N2O6. The van der Waals surface area contributed by atoms with Crippen molar-refractivity contribution in [1.29, 1.82) is 0 Å². The molecule has 1 aliphatic rings. The van der Waals surface area contributed by atoms with E-state index in [1.165, 1.54) is 6.92 Å². The van der Waals surface area contributed by atoms with Crippen molar-refractivity contribution in [2.24, 2.45) is 5.92 Å². The van der Waals surface area contributed by atoms with Gasteiger partial charge in [0, 0.05) is 18.7 Å². The summed E-state index contributed by atoms with van der Waals surface area (Å²) in [5.41, 5.74) is 0.794. The van der Waals surface area contributed by atoms with Crippen LogP contribution in [-0.2, 0) is 19.1 Å². The van der Waals surface area contributed by atoms with Crippen LogP contribution in [0.2, 0.25) is 0 Å². The highest BCUT2D eigenvalue weighted by Crippen LogP contribution is 2.23. The number of hydrogen-bond donors (Lipinski definition) is 0. The molecule has 30 heavy (non-hydrogen) atoms. The molecular weight excluding hydrogens is 388 g/mol. The summed E-state index contributed by atoms with van der Waals surface area (Å²) < 4.78 is 16.0. The molecule has 1 aromatic heterocycles. The van der Waals surface area contributed by atoms with Crippen LogP contribution in [0.15, 0.2) is 34.7 Å². The molecule has 0 N–H and O–H groups in total. The molecule has 0 unspecified atom stereocenters. The molecule has 0 spiro atoms. The number of esters is 2. The van der Waals surface area contributed by atoms with Crippen molar-refractivity contribution in [2.45, 2.75) is 39.7 Å². The highest BCUT2D eigenvalue weighted by molar-refractivity contribution is 5.92. The van der Waals surface area contributed by atoms with E-state index in [4.69, 9.17) is 13.9 Å². The van der Waals surface area contributed by atoms with Crippen molar-refractivity contribution in [2.75, 3.05) is 19.7 Å². The first-order valence-electron chi connectivity index (χ1n) is 10.1. The molecule has 1 fully saturated rings. The van der Waals surface area contributed by atoms with Gasteiger partial charge in [-0.05, 0) is 45.7 Å². The maximum absolute atomic E-state index is 12.7. The maximum Gasteiger partial charge on any atom is 0.361 e. The van der Waals surface area contributed by atoms with Gasteiger partial charge in [-0.1, -0.05) is 18.2 Å². The van der Waals surface area contributed by atoms with Crippen LogP contribution in [0.5, 0.6) is 0 Å². The molecule has 2 heterocycles. The van der Waals surface area contributed by atoms with Crippen molar-refractivity contribution < 1.29 is 28.3 Å². The van der Waals surface area contributed by atoms with Gasteiger partial charge in [0.25, 0.3) is 5.91 Å². The Labute approximate surface area is 175 Å². The largest absolute Gasteiger partial charge is 0.466 e. The molecule has 1 aliphatic heterocycles. The second-order valence-corrected chi connectivity index (χ2v) is 7.19. The standard InChI is InChI=1S/C22H26N2O6/c1-4-28-21(26)17-10-12-24(13-11-17)20(25)15(3)30-22(27)18-14(2)29-19(23-18)16-8-6-5-7-9-16/h5-9,15,17H,4,10-13H2,1-3H3/t15-/m1/s1. The van der Waals surface area contributed by atoms with Crippen LogP contribution in [-0.4, -0.2) is 53.5 Å². The third kappa shape index (κ3) is 4.87. The monoisotopic (exact) mass is 414 g/mol. The quantitative estimate of drug-likeness (QED) is 0.670. The number of ether oxygens (including phenoxy) is 2. The first-order valence-corrected chi connectivity index (χ1v) is 10.1. The average Bonchev–Trinajstić information content (AvgIpc) is 3.16. The Bertz CT molecular complexity index is 900. The molecule has 8 nitrogen and oxygen atoms in total. The second-order valence-electron chi connectivity index (χ2n) is 7.19. The summed E-state index contributed by atoms with van der Waals surface area (Å²) in [6.07, 6.45) is 0.107. The fraction of sp³-hybridized carbons (Fsp3) is 0.455. The van der Waals surface area contributed by atoms with Gasteiger partial charge in [-0.2, -0.15) is 0 Å². The van der Waals surface area contributed by atoms with Crippen LogP contribution < -0.4 is 0 Å². The zero-order valence-corrected chi connectivity index (χ0v) is 17.4. The number of oxazole rings is 1. The van der Waals surface area contributed by atoms with Crippen molar-refractivity contribution in [3.63, 3.8) is 0 Å². The summed E-state index contributed by atoms with van der Waals surface area (Å²) in [6.45, 7) is 6.12. The molecule has 0 radical (unpaired) electrons. The van der Waals surface area contributed by atoms with Crippen molar-refractivity contribution >= 4 is 17.8 Å². The van der Waals surface area contributed by atoms with Crippen LogP contribution >= 0.6 is 0 Å². The summed E-state index contributed by atoms with van der Waals surface area (Å²) in [5, 5.41) is 0. The van der Waals surface area contributed by atoms with Gasteiger partial charge in [-0.15, -0.1) is 0 Å². The summed E-state index contributed by atoms with van der Waals surface area (Å²) in [4.78, 5) is 42.9. The number of piperidine rings is 1. The first kappa shape index (κ1) is 21.5. The van der Waals surface area contributed by atoms with Gasteiger partial charge in [0.05, 0.1) is 12.5 Å². The molecule has 0 bridgehead atoms. The van der Waals surface area contributed by atoms with Gasteiger partial charge < -0.3 is 18.8 Å². The summed E-state index contributed by atoms with van der Waals surface area (Å²) in [5.74, 6) is -0.773. The zero-order chi connectivity index (χ0) is 21.7. The maximum atomic E-state index is 12.7. The normalized spacial score (nSPS) is 15.5. The molecule has 1 atom stereocenters. The molecule has 1 saturated heterocycles. The second kappa shape index (κ2) is 9.56. The highest BCUT2D eigenvalue weighted by atomic mass is 16.5. The zero-order valence-electron chi connectivity index (χ0n) is 17.4. The third-order valence-corrected chi connectivity index (χ3v) is 5.07. The third-order valence-electron chi connectivity index (χ3n) is 5.07. The van der Waals surface area contributed by atoms with E-state index in [0.717, 1.165) is 5.56 Å². The van der Waals surface area contributed by atoms with Gasteiger partial charge in [0.2, 0.25) is 5.89 Å². The molecule has 1 amide bonds. The molecule has 2 aromatic rings. The summed E-state index contributed by atoms with van der Waals surface area (Å²) in [6, 6.07) is 9.22. The van der Waals surface area contributed by atoms with Crippen LogP contribution in [0.4, 0.5) is 0 Å². The number of benzene rings is 1. The van der Waals surface area contributed by atoms with Crippen molar-refractivity contribution in [1.82, 2.24) is 9.88 Å². The van der Waals surface area contributed by atoms with E-state index in [0.29, 0.717) is 44.2 Å². The average molecular weight is 414 g/mol. The van der Waals surface area contributed by atoms with E-state index in [2.05, 4.69) is 4.98 Å². The minimum absolute atomic E-state index is 0.0505. The number of aromatic nitrogens is 1. The van der Waals surface area contributed by atoms with E-state index >= 15 is 0 Å². The lowest BCUT2D eigenvalue weighted by Gasteiger charge is -2.32. The van der Waals surface area contributed by atoms with Gasteiger partial charge >= 0.3 is 11.9 Å². The fourth-order valence-electron chi connectivity index (χ4n) is 3.41. The lowest BCUT2D eigenvalue weighted by molar-refractivity contribution is -0.152. The number of aryl methyl sites for hydroxylation is 1. The fourth-order valence-corrected chi connectivity index (χ4v) is 3.41. The van der Waals surface area contributed by atoms with E-state index < -0.39 is 12.1 Å². The number of hydrogen-bond acceptors (Lipinski definition) is 7. The number of amides is 1. The SMILES string of the molecule is CCOC(=O)C1CCN(C(=O)[C@@H](C)OC(=O)c2nc(-c3ccccc3)oc2C)CC1. The summed E-state index contributed by atoms with van der Waals surface area (Å²) >= 11 is 0. The van der Waals surface area contributed by atoms with Crippen LogP contribution in [0.1, 0.15) is 42.9 Å². The Kier molecular flexibility index (Phi) is 6.87. The van der Waals surface area contributed by atoms with Gasteiger partial charge in [0.1, 0.15) is 5.76 Å². The van der Waals surface area contributed by atoms with Gasteiger partial charge in [0.15, 0.2) is 11.8 Å². The number of carbonyl (C=O) groups excluding carboxylic acids is 3. The Morgan fingerprint density at radius 3 is 2.50 bits per heavy atom. The van der Waals surface area contributed by atoms with Crippen LogP contribution in [0.3, 0.4) is 0 Å². The Hall–Kier alpha value is -3.16. The first-order chi connectivity index (χ1) is 14.4. The Morgan fingerprint density at radius 1 is 1.20 bits per heavy atom. The smallest absolute Gasteiger partial charge is 0.361 e. The predicted molar refractivity (Wildman–Crippen MR) is 107 cm³/mol. The number of rotatable bonds is 6. The topological polar surface area (TPSA) is 98.9 Å². The molecule has 0 aliphatic carbocycles. The van der Waals surface area contributed by atoms with Crippen LogP contribution in [0, 0.1) is 12.8 Å². The van der Waals surface area contributed by atoms with E-state index in [9.17, 15) is 14.4 Å². The van der Waals surface area contributed by atoms with E-state index in [1.807, 2.05) is 30.3 Å². The number of carbonyl (C=O) groups is 3. The minimum atomic E-state index is -0.965. The molecule has 8 heteroatoms. The van der Waals surface area contributed by atoms with Crippen molar-refractivity contribution in [3.8, 4) is 11.5 Å². The summed E-state index contributed by atoms with van der Waals surface area (Å²) in [7, 11) is 0. The van der Waals surface area contributed by atoms with Gasteiger partial charge in [-0.3, -0.25) is 9.59 Å². The lowest BCUT2D eigenvalue weighted by Crippen LogP contribution is -2.45. The Balaban J connectivity index is 1.58. The van der Waals surface area contributed by atoms with E-state index in [1.54, 1.807) is 18.7 Å².